The standard InChI is InChI=1S/C19H31N3O2/c1-13(2)19-20-16-12-22(10-7-17(16)24-19)18(23)11-15-5-8-21(9-6-15)14(3)4/h13-15H,5-12H2,1-4H3. The molecule has 2 aliphatic heterocycles. The molecule has 0 aromatic carbocycles. The monoisotopic (exact) mass is 333 g/mol. The van der Waals surface area contributed by atoms with E-state index in [4.69, 9.17) is 4.42 Å². The van der Waals surface area contributed by atoms with Gasteiger partial charge in [-0.1, -0.05) is 13.8 Å². The van der Waals surface area contributed by atoms with Gasteiger partial charge in [0.15, 0.2) is 5.89 Å². The Bertz CT molecular complexity index is 571. The molecule has 0 spiro atoms. The quantitative estimate of drug-likeness (QED) is 0.849. The highest BCUT2D eigenvalue weighted by atomic mass is 16.4. The number of carbonyl (C=O) groups excluding carboxylic acids is 1. The minimum absolute atomic E-state index is 0.290. The Labute approximate surface area is 145 Å². The first-order valence-corrected chi connectivity index (χ1v) is 9.44. The first-order chi connectivity index (χ1) is 11.4. The molecular weight excluding hydrogens is 302 g/mol. The highest BCUT2D eigenvalue weighted by Gasteiger charge is 2.29. The number of aromatic nitrogens is 1. The number of hydrogen-bond acceptors (Lipinski definition) is 4. The Morgan fingerprint density at radius 2 is 1.92 bits per heavy atom. The summed E-state index contributed by atoms with van der Waals surface area (Å²) in [5, 5.41) is 0. The van der Waals surface area contributed by atoms with Gasteiger partial charge >= 0.3 is 0 Å². The molecule has 0 N–H and O–H groups in total. The van der Waals surface area contributed by atoms with Crippen LogP contribution in [0.1, 0.15) is 70.2 Å². The molecule has 0 bridgehead atoms. The smallest absolute Gasteiger partial charge is 0.223 e. The number of fused-ring (bicyclic) bond motifs is 1. The third-order valence-corrected chi connectivity index (χ3v) is 5.43. The number of amides is 1. The van der Waals surface area contributed by atoms with Crippen LogP contribution in [0, 0.1) is 5.92 Å². The van der Waals surface area contributed by atoms with Crippen LogP contribution in [0.15, 0.2) is 4.42 Å². The van der Waals surface area contributed by atoms with Crippen LogP contribution in [0.5, 0.6) is 0 Å². The fourth-order valence-corrected chi connectivity index (χ4v) is 3.73. The van der Waals surface area contributed by atoms with E-state index in [-0.39, 0.29) is 5.91 Å². The topological polar surface area (TPSA) is 49.6 Å². The van der Waals surface area contributed by atoms with Crippen molar-refractivity contribution in [3.05, 3.63) is 17.3 Å². The van der Waals surface area contributed by atoms with Crippen LogP contribution < -0.4 is 0 Å². The van der Waals surface area contributed by atoms with Crippen LogP contribution in [0.25, 0.3) is 0 Å². The largest absolute Gasteiger partial charge is 0.445 e. The number of piperidine rings is 1. The van der Waals surface area contributed by atoms with Crippen molar-refractivity contribution in [2.24, 2.45) is 5.92 Å². The van der Waals surface area contributed by atoms with Crippen LogP contribution in [0.2, 0.25) is 0 Å². The highest BCUT2D eigenvalue weighted by Crippen LogP contribution is 2.26. The average Bonchev–Trinajstić information content (AvgIpc) is 2.98. The molecule has 24 heavy (non-hydrogen) atoms. The van der Waals surface area contributed by atoms with Gasteiger partial charge < -0.3 is 14.2 Å². The second kappa shape index (κ2) is 7.26. The Kier molecular flexibility index (Phi) is 5.28. The maximum atomic E-state index is 12.7. The third kappa shape index (κ3) is 3.82. The summed E-state index contributed by atoms with van der Waals surface area (Å²) in [4.78, 5) is 21.8. The molecule has 0 saturated carbocycles. The maximum absolute atomic E-state index is 12.7. The predicted molar refractivity (Wildman–Crippen MR) is 93.8 cm³/mol. The van der Waals surface area contributed by atoms with Crippen LogP contribution in [-0.4, -0.2) is 46.4 Å². The SMILES string of the molecule is CC(C)c1nc2c(o1)CCN(C(=O)CC1CCN(C(C)C)CC1)C2. The molecule has 1 amide bonds. The lowest BCUT2D eigenvalue weighted by atomic mass is 9.92. The fraction of sp³-hybridized carbons (Fsp3) is 0.789. The molecule has 3 heterocycles. The lowest BCUT2D eigenvalue weighted by molar-refractivity contribution is -0.133. The molecule has 1 aromatic rings. The molecule has 1 saturated heterocycles. The van der Waals surface area contributed by atoms with Crippen LogP contribution in [0.4, 0.5) is 0 Å². The summed E-state index contributed by atoms with van der Waals surface area (Å²) < 4.78 is 5.83. The van der Waals surface area contributed by atoms with Crippen molar-refractivity contribution < 1.29 is 9.21 Å². The summed E-state index contributed by atoms with van der Waals surface area (Å²) in [5.41, 5.74) is 0.966. The third-order valence-electron chi connectivity index (χ3n) is 5.43. The first-order valence-electron chi connectivity index (χ1n) is 9.44. The number of hydrogen-bond donors (Lipinski definition) is 0. The van der Waals surface area contributed by atoms with Gasteiger partial charge in [-0.15, -0.1) is 0 Å². The number of likely N-dealkylation sites (tertiary alicyclic amines) is 1. The average molecular weight is 333 g/mol. The molecule has 0 radical (unpaired) electrons. The summed E-state index contributed by atoms with van der Waals surface area (Å²) >= 11 is 0. The summed E-state index contributed by atoms with van der Waals surface area (Å²) in [5.74, 6) is 2.91. The maximum Gasteiger partial charge on any atom is 0.223 e. The Balaban J connectivity index is 1.53. The van der Waals surface area contributed by atoms with Crippen molar-refractivity contribution in [1.82, 2.24) is 14.8 Å². The summed E-state index contributed by atoms with van der Waals surface area (Å²) in [6.07, 6.45) is 3.78. The molecule has 3 rings (SSSR count). The number of rotatable bonds is 4. The van der Waals surface area contributed by atoms with Crippen molar-refractivity contribution in [1.29, 1.82) is 0 Å². The van der Waals surface area contributed by atoms with E-state index in [0.717, 1.165) is 56.2 Å². The molecule has 5 nitrogen and oxygen atoms in total. The molecular formula is C19H31N3O2. The van der Waals surface area contributed by atoms with Gasteiger partial charge in [-0.25, -0.2) is 4.98 Å². The molecule has 0 unspecified atom stereocenters. The molecule has 5 heteroatoms. The van der Waals surface area contributed by atoms with Gasteiger partial charge in [0.05, 0.1) is 6.54 Å². The van der Waals surface area contributed by atoms with Gasteiger partial charge in [0, 0.05) is 31.3 Å². The molecule has 1 aromatic heterocycles. The zero-order valence-corrected chi connectivity index (χ0v) is 15.5. The van der Waals surface area contributed by atoms with Crippen LogP contribution in [0.3, 0.4) is 0 Å². The zero-order valence-electron chi connectivity index (χ0n) is 15.5. The highest BCUT2D eigenvalue weighted by molar-refractivity contribution is 5.76. The Morgan fingerprint density at radius 1 is 1.21 bits per heavy atom. The van der Waals surface area contributed by atoms with Crippen molar-refractivity contribution in [2.45, 2.75) is 71.9 Å². The van der Waals surface area contributed by atoms with E-state index in [0.29, 0.717) is 30.8 Å². The van der Waals surface area contributed by atoms with Crippen molar-refractivity contribution in [3.63, 3.8) is 0 Å². The minimum Gasteiger partial charge on any atom is -0.445 e. The van der Waals surface area contributed by atoms with Crippen molar-refractivity contribution >= 4 is 5.91 Å². The Hall–Kier alpha value is -1.36. The fourth-order valence-electron chi connectivity index (χ4n) is 3.73. The first kappa shape index (κ1) is 17.5. The number of oxazole rings is 1. The van der Waals surface area contributed by atoms with E-state index in [1.165, 1.54) is 0 Å². The van der Waals surface area contributed by atoms with E-state index in [1.807, 2.05) is 4.90 Å². The van der Waals surface area contributed by atoms with Gasteiger partial charge in [0.2, 0.25) is 5.91 Å². The normalized spacial score (nSPS) is 20.0. The lowest BCUT2D eigenvalue weighted by Crippen LogP contribution is -2.41. The van der Waals surface area contributed by atoms with Crippen LogP contribution >= 0.6 is 0 Å². The summed E-state index contributed by atoms with van der Waals surface area (Å²) in [7, 11) is 0. The van der Waals surface area contributed by atoms with E-state index >= 15 is 0 Å². The summed E-state index contributed by atoms with van der Waals surface area (Å²) in [6, 6.07) is 0.615. The van der Waals surface area contributed by atoms with E-state index < -0.39 is 0 Å². The van der Waals surface area contributed by atoms with Gasteiger partial charge in [0.25, 0.3) is 0 Å². The second-order valence-electron chi connectivity index (χ2n) is 7.92. The predicted octanol–water partition coefficient (Wildman–Crippen LogP) is 3.19. The minimum atomic E-state index is 0.290. The number of carbonyl (C=O) groups is 1. The lowest BCUT2D eigenvalue weighted by Gasteiger charge is -2.35. The Morgan fingerprint density at radius 3 is 2.54 bits per heavy atom. The van der Waals surface area contributed by atoms with Gasteiger partial charge in [-0.2, -0.15) is 0 Å². The molecule has 134 valence electrons. The van der Waals surface area contributed by atoms with Gasteiger partial charge in [-0.3, -0.25) is 4.79 Å². The van der Waals surface area contributed by atoms with Crippen LogP contribution in [-0.2, 0) is 17.8 Å². The molecule has 1 fully saturated rings. The van der Waals surface area contributed by atoms with E-state index in [2.05, 4.69) is 37.6 Å². The van der Waals surface area contributed by atoms with E-state index in [1.54, 1.807) is 0 Å². The van der Waals surface area contributed by atoms with Crippen molar-refractivity contribution in [2.75, 3.05) is 19.6 Å². The van der Waals surface area contributed by atoms with Gasteiger partial charge in [0.1, 0.15) is 11.5 Å². The zero-order chi connectivity index (χ0) is 17.3. The molecule has 0 aliphatic carbocycles. The molecule has 2 aliphatic rings. The molecule has 0 atom stereocenters. The number of nitrogens with zero attached hydrogens (tertiary/aromatic N) is 3. The summed E-state index contributed by atoms with van der Waals surface area (Å²) in [6.45, 7) is 12.3. The van der Waals surface area contributed by atoms with E-state index in [9.17, 15) is 4.79 Å². The van der Waals surface area contributed by atoms with Gasteiger partial charge in [-0.05, 0) is 45.7 Å². The second-order valence-corrected chi connectivity index (χ2v) is 7.92. The van der Waals surface area contributed by atoms with Crippen molar-refractivity contribution in [3.8, 4) is 0 Å².